The number of amidine groups is 1. The molecule has 0 aromatic carbocycles. The van der Waals surface area contributed by atoms with Crippen LogP contribution in [0.25, 0.3) is 0 Å². The van der Waals surface area contributed by atoms with E-state index in [2.05, 4.69) is 15.1 Å². The minimum Gasteiger partial charge on any atom is -0.379 e. The first-order valence-electron chi connectivity index (χ1n) is 9.26. The number of aryl methyl sites for hydroxylation is 1. The Morgan fingerprint density at radius 2 is 2.21 bits per heavy atom. The first-order valence-corrected chi connectivity index (χ1v) is 9.64. The lowest BCUT2D eigenvalue weighted by Crippen LogP contribution is -2.48. The number of hydrogen-bond acceptors (Lipinski definition) is 5. The number of halogens is 2. The van der Waals surface area contributed by atoms with Gasteiger partial charge in [0.15, 0.2) is 5.84 Å². The van der Waals surface area contributed by atoms with Crippen molar-refractivity contribution in [3.05, 3.63) is 52.3 Å². The highest BCUT2D eigenvalue weighted by atomic mass is 35.5. The first-order chi connectivity index (χ1) is 13.9. The summed E-state index contributed by atoms with van der Waals surface area (Å²) in [5, 5.41) is 4.13. The Morgan fingerprint density at radius 3 is 2.97 bits per heavy atom. The monoisotopic (exact) mass is 419 g/mol. The molecule has 152 valence electrons. The van der Waals surface area contributed by atoms with Crippen LogP contribution in [0.4, 0.5) is 4.39 Å². The molecule has 0 radical (unpaired) electrons. The molecule has 2 aliphatic heterocycles. The number of nitrogens with one attached hydrogen (secondary N) is 1. The van der Waals surface area contributed by atoms with E-state index in [9.17, 15) is 14.0 Å². The number of hydrogen-bond donors (Lipinski definition) is 2. The van der Waals surface area contributed by atoms with Crippen LogP contribution in [0.3, 0.4) is 0 Å². The van der Waals surface area contributed by atoms with E-state index in [0.717, 1.165) is 0 Å². The third-order valence-corrected chi connectivity index (χ3v) is 5.61. The molecule has 4 rings (SSSR count). The van der Waals surface area contributed by atoms with Crippen molar-refractivity contribution in [2.24, 2.45) is 16.8 Å². The first kappa shape index (κ1) is 19.4. The molecule has 10 heteroatoms. The molecular formula is C19H19ClFN5O3. The van der Waals surface area contributed by atoms with Gasteiger partial charge in [-0.05, 0) is 43.4 Å². The van der Waals surface area contributed by atoms with Crippen molar-refractivity contribution in [3.63, 3.8) is 0 Å². The predicted molar refractivity (Wildman–Crippen MR) is 103 cm³/mol. The van der Waals surface area contributed by atoms with Gasteiger partial charge < -0.3 is 20.5 Å². The Labute approximate surface area is 170 Å². The molecule has 8 nitrogen and oxygen atoms in total. The topological polar surface area (TPSA) is 114 Å². The molecule has 3 N–H and O–H groups in total. The summed E-state index contributed by atoms with van der Waals surface area (Å²) in [5.41, 5.74) is 7.25. The van der Waals surface area contributed by atoms with Gasteiger partial charge in [0.2, 0.25) is 5.95 Å². The summed E-state index contributed by atoms with van der Waals surface area (Å²) in [6, 6.07) is 2.86. The number of amides is 1. The fourth-order valence-corrected chi connectivity index (χ4v) is 4.01. The number of aromatic amines is 1. The van der Waals surface area contributed by atoms with Crippen molar-refractivity contribution in [1.29, 1.82) is 0 Å². The third-order valence-electron chi connectivity index (χ3n) is 5.39. The maximum Gasteiger partial charge on any atom is 0.339 e. The van der Waals surface area contributed by atoms with Crippen LogP contribution in [0, 0.1) is 11.9 Å². The van der Waals surface area contributed by atoms with E-state index < -0.39 is 17.8 Å². The molecule has 0 saturated carbocycles. The molecule has 1 fully saturated rings. The van der Waals surface area contributed by atoms with Crippen LogP contribution in [-0.2, 0) is 16.1 Å². The zero-order chi connectivity index (χ0) is 20.5. The van der Waals surface area contributed by atoms with Gasteiger partial charge in [0.05, 0.1) is 22.2 Å². The number of aromatic nitrogens is 2. The molecule has 0 unspecified atom stereocenters. The maximum absolute atomic E-state index is 13.4. The summed E-state index contributed by atoms with van der Waals surface area (Å²) in [5.74, 6) is -1.92. The van der Waals surface area contributed by atoms with E-state index >= 15 is 0 Å². The summed E-state index contributed by atoms with van der Waals surface area (Å²) < 4.78 is 13.4. The van der Waals surface area contributed by atoms with Gasteiger partial charge in [0.1, 0.15) is 0 Å². The van der Waals surface area contributed by atoms with Crippen LogP contribution in [-0.4, -0.2) is 45.2 Å². The Kier molecular flexibility index (Phi) is 5.23. The number of piperidine rings is 1. The van der Waals surface area contributed by atoms with Crippen LogP contribution in [0.15, 0.2) is 29.7 Å². The average Bonchev–Trinajstić information content (AvgIpc) is 3.10. The fourth-order valence-electron chi connectivity index (χ4n) is 3.85. The standard InChI is InChI=1S/C19H19ClFN5O3/c20-12-6-15(23-7-12)17(22)25-29-19(28)11-2-4-13-3-1-10-5-16(21)24-8-14(10)18(27)26(13)9-11/h5-8,11,13,23H,1-4,9H2,(H2,22,25)/t11-,13-/m0/s1. The summed E-state index contributed by atoms with van der Waals surface area (Å²) in [6.45, 7) is 0.211. The zero-order valence-electron chi connectivity index (χ0n) is 15.4. The number of carbonyl (C=O) groups is 2. The highest BCUT2D eigenvalue weighted by Crippen LogP contribution is 2.31. The van der Waals surface area contributed by atoms with Crippen molar-refractivity contribution in [2.75, 3.05) is 6.54 Å². The number of rotatable bonds is 3. The van der Waals surface area contributed by atoms with Crippen molar-refractivity contribution < 1.29 is 18.8 Å². The average molecular weight is 420 g/mol. The lowest BCUT2D eigenvalue weighted by Gasteiger charge is -2.37. The van der Waals surface area contributed by atoms with E-state index in [0.29, 0.717) is 47.5 Å². The molecule has 2 aliphatic rings. The van der Waals surface area contributed by atoms with Gasteiger partial charge in [0, 0.05) is 25.0 Å². The molecule has 29 heavy (non-hydrogen) atoms. The van der Waals surface area contributed by atoms with E-state index in [1.807, 2.05) is 0 Å². The minimum absolute atomic E-state index is 0.00311. The van der Waals surface area contributed by atoms with E-state index in [1.54, 1.807) is 11.0 Å². The summed E-state index contributed by atoms with van der Waals surface area (Å²) >= 11 is 5.81. The number of nitrogens with two attached hydrogens (primary N) is 1. The van der Waals surface area contributed by atoms with Gasteiger partial charge in [-0.15, -0.1) is 0 Å². The van der Waals surface area contributed by atoms with Gasteiger partial charge in [-0.3, -0.25) is 4.79 Å². The maximum atomic E-state index is 13.4. The lowest BCUT2D eigenvalue weighted by molar-refractivity contribution is -0.150. The number of H-pyrrole nitrogens is 1. The SMILES string of the molecule is NC(=NOC(=O)[C@H]1CC[C@@H]2CCc3cc(F)ncc3C(=O)N2C1)c1cc(Cl)c[nH]1. The molecule has 0 aliphatic carbocycles. The van der Waals surface area contributed by atoms with Gasteiger partial charge >= 0.3 is 5.97 Å². The molecule has 2 aromatic heterocycles. The highest BCUT2D eigenvalue weighted by Gasteiger charge is 2.38. The second-order valence-corrected chi connectivity index (χ2v) is 7.64. The molecule has 4 heterocycles. The summed E-state index contributed by atoms with van der Waals surface area (Å²) in [4.78, 5) is 38.5. The smallest absolute Gasteiger partial charge is 0.339 e. The lowest BCUT2D eigenvalue weighted by atomic mass is 9.91. The Hall–Kier alpha value is -2.94. The Balaban J connectivity index is 1.46. The normalized spacial score (nSPS) is 21.9. The largest absolute Gasteiger partial charge is 0.379 e. The van der Waals surface area contributed by atoms with Crippen LogP contribution in [0.5, 0.6) is 0 Å². The van der Waals surface area contributed by atoms with E-state index in [-0.39, 0.29) is 24.3 Å². The van der Waals surface area contributed by atoms with Crippen LogP contribution in [0.2, 0.25) is 5.02 Å². The second kappa shape index (κ2) is 7.82. The fraction of sp³-hybridized carbons (Fsp3) is 0.368. The Morgan fingerprint density at radius 1 is 1.38 bits per heavy atom. The summed E-state index contributed by atoms with van der Waals surface area (Å²) in [6.07, 6.45) is 5.33. The predicted octanol–water partition coefficient (Wildman–Crippen LogP) is 2.23. The number of fused-ring (bicyclic) bond motifs is 2. The molecule has 1 amide bonds. The molecular weight excluding hydrogens is 401 g/mol. The molecule has 2 atom stereocenters. The number of pyridine rings is 1. The quantitative estimate of drug-likeness (QED) is 0.260. The molecule has 0 spiro atoms. The minimum atomic E-state index is -0.600. The van der Waals surface area contributed by atoms with Crippen LogP contribution < -0.4 is 5.73 Å². The van der Waals surface area contributed by atoms with Crippen molar-refractivity contribution in [1.82, 2.24) is 14.9 Å². The number of nitrogens with zero attached hydrogens (tertiary/aromatic N) is 3. The van der Waals surface area contributed by atoms with Crippen molar-refractivity contribution in [3.8, 4) is 0 Å². The molecule has 1 saturated heterocycles. The van der Waals surface area contributed by atoms with E-state index in [1.165, 1.54) is 18.5 Å². The zero-order valence-corrected chi connectivity index (χ0v) is 16.2. The molecule has 0 bridgehead atoms. The van der Waals surface area contributed by atoms with Crippen molar-refractivity contribution >= 4 is 29.3 Å². The van der Waals surface area contributed by atoms with Gasteiger partial charge in [0.25, 0.3) is 5.91 Å². The van der Waals surface area contributed by atoms with Gasteiger partial charge in [-0.2, -0.15) is 4.39 Å². The highest BCUT2D eigenvalue weighted by molar-refractivity contribution is 6.31. The molecule has 2 aromatic rings. The van der Waals surface area contributed by atoms with Crippen molar-refractivity contribution in [2.45, 2.75) is 31.7 Å². The third kappa shape index (κ3) is 3.95. The van der Waals surface area contributed by atoms with Crippen LogP contribution in [0.1, 0.15) is 40.9 Å². The summed E-state index contributed by atoms with van der Waals surface area (Å²) in [7, 11) is 0. The number of carbonyl (C=O) groups excluding carboxylic acids is 2. The second-order valence-electron chi connectivity index (χ2n) is 7.21. The van der Waals surface area contributed by atoms with Crippen LogP contribution >= 0.6 is 11.6 Å². The Bertz CT molecular complexity index is 992. The van der Waals surface area contributed by atoms with Gasteiger partial charge in [-0.25, -0.2) is 9.78 Å². The van der Waals surface area contributed by atoms with E-state index in [4.69, 9.17) is 22.2 Å². The number of oxime groups is 1. The van der Waals surface area contributed by atoms with Gasteiger partial charge in [-0.1, -0.05) is 16.8 Å².